The maximum absolute atomic E-state index is 12.0. The molecule has 2 aromatic heterocycles. The fourth-order valence-corrected chi connectivity index (χ4v) is 2.54. The number of aliphatic hydroxyl groups is 1. The van der Waals surface area contributed by atoms with Gasteiger partial charge in [-0.2, -0.15) is 0 Å². The van der Waals surface area contributed by atoms with Crippen LogP contribution in [0.1, 0.15) is 16.9 Å². The van der Waals surface area contributed by atoms with Crippen molar-refractivity contribution in [3.63, 3.8) is 0 Å². The predicted octanol–water partition coefficient (Wildman–Crippen LogP) is 0.732. The van der Waals surface area contributed by atoms with Crippen molar-refractivity contribution in [1.82, 2.24) is 19.9 Å². The summed E-state index contributed by atoms with van der Waals surface area (Å²) in [6, 6.07) is 1.94. The monoisotopic (exact) mass is 304 g/mol. The zero-order valence-electron chi connectivity index (χ0n) is 11.7. The minimum Gasteiger partial charge on any atom is -0.384 e. The number of carbonyl (C=O) groups excluding carboxylic acids is 1. The second-order valence-electron chi connectivity index (χ2n) is 4.45. The number of nitrogens with zero attached hydrogens (tertiary/aromatic N) is 4. The topological polar surface area (TPSA) is 71.2 Å². The molecule has 0 radical (unpaired) electrons. The van der Waals surface area contributed by atoms with Crippen molar-refractivity contribution < 1.29 is 9.90 Å². The molecule has 1 N–H and O–H groups in total. The minimum absolute atomic E-state index is 0.0553. The van der Waals surface area contributed by atoms with Gasteiger partial charge in [0.2, 0.25) is 5.91 Å². The number of hydrogen-bond donors (Lipinski definition) is 1. The van der Waals surface area contributed by atoms with Gasteiger partial charge in [-0.3, -0.25) is 9.48 Å². The number of aromatic nitrogens is 3. The maximum atomic E-state index is 12.0. The molecule has 0 saturated carbocycles. The normalized spacial score (nSPS) is 10.0. The first-order valence-electron chi connectivity index (χ1n) is 6.44. The van der Waals surface area contributed by atoms with Gasteiger partial charge in [-0.15, -0.1) is 16.4 Å². The van der Waals surface area contributed by atoms with Gasteiger partial charge < -0.3 is 10.0 Å². The number of aryl methyl sites for hydroxylation is 1. The van der Waals surface area contributed by atoms with E-state index in [1.165, 1.54) is 11.3 Å². The van der Waals surface area contributed by atoms with Crippen LogP contribution in [0.4, 0.5) is 0 Å². The van der Waals surface area contributed by atoms with Gasteiger partial charge in [-0.1, -0.05) is 17.1 Å². The minimum atomic E-state index is -0.145. The number of carbonyl (C=O) groups is 1. The molecule has 2 heterocycles. The fourth-order valence-electron chi connectivity index (χ4n) is 1.77. The van der Waals surface area contributed by atoms with E-state index in [2.05, 4.69) is 22.2 Å². The molecule has 0 bridgehead atoms. The Kier molecular flexibility index (Phi) is 5.49. The van der Waals surface area contributed by atoms with Gasteiger partial charge in [-0.05, 0) is 17.0 Å². The van der Waals surface area contributed by atoms with Crippen molar-refractivity contribution in [2.24, 2.45) is 0 Å². The van der Waals surface area contributed by atoms with Crippen LogP contribution in [-0.2, 0) is 17.9 Å². The molecule has 0 saturated heterocycles. The molecule has 2 rings (SSSR count). The highest BCUT2D eigenvalue weighted by Crippen LogP contribution is 2.15. The molecule has 21 heavy (non-hydrogen) atoms. The lowest BCUT2D eigenvalue weighted by molar-refractivity contribution is -0.130. The van der Waals surface area contributed by atoms with Crippen molar-refractivity contribution in [3.8, 4) is 11.8 Å². The van der Waals surface area contributed by atoms with Crippen molar-refractivity contribution >= 4 is 17.2 Å². The summed E-state index contributed by atoms with van der Waals surface area (Å²) in [7, 11) is 1.78. The van der Waals surface area contributed by atoms with Crippen LogP contribution in [-0.4, -0.2) is 44.6 Å². The molecule has 0 unspecified atom stereocenters. The summed E-state index contributed by atoms with van der Waals surface area (Å²) in [6.45, 7) is 0.932. The number of hydrogen-bond acceptors (Lipinski definition) is 5. The van der Waals surface area contributed by atoms with Crippen molar-refractivity contribution in [1.29, 1.82) is 0 Å². The summed E-state index contributed by atoms with van der Waals surface area (Å²) in [5.41, 5.74) is 1.04. The molecule has 0 fully saturated rings. The van der Waals surface area contributed by atoms with Crippen molar-refractivity contribution in [3.05, 3.63) is 34.3 Å². The first kappa shape index (κ1) is 15.2. The summed E-state index contributed by atoms with van der Waals surface area (Å²) >= 11 is 1.51. The van der Waals surface area contributed by atoms with Crippen molar-refractivity contribution in [2.45, 2.75) is 19.5 Å². The fraction of sp³-hybridized carbons (Fsp3) is 0.357. The van der Waals surface area contributed by atoms with Gasteiger partial charge in [0, 0.05) is 26.2 Å². The third kappa shape index (κ3) is 4.70. The van der Waals surface area contributed by atoms with E-state index in [-0.39, 0.29) is 12.5 Å². The Morgan fingerprint density at radius 1 is 1.57 bits per heavy atom. The zero-order chi connectivity index (χ0) is 15.1. The van der Waals surface area contributed by atoms with Gasteiger partial charge in [0.05, 0.1) is 17.6 Å². The Hall–Kier alpha value is -2.17. The summed E-state index contributed by atoms with van der Waals surface area (Å²) in [5.74, 6) is 5.52. The second-order valence-corrected chi connectivity index (χ2v) is 5.36. The first-order valence-corrected chi connectivity index (χ1v) is 7.32. The summed E-state index contributed by atoms with van der Waals surface area (Å²) in [4.78, 5) is 14.6. The van der Waals surface area contributed by atoms with Crippen LogP contribution in [0, 0.1) is 11.8 Å². The maximum Gasteiger partial charge on any atom is 0.224 e. The smallest absolute Gasteiger partial charge is 0.224 e. The lowest BCUT2D eigenvalue weighted by Gasteiger charge is -2.16. The molecule has 0 aromatic carbocycles. The largest absolute Gasteiger partial charge is 0.384 e. The Balaban J connectivity index is 1.84. The van der Waals surface area contributed by atoms with Crippen LogP contribution in [0.25, 0.3) is 0 Å². The van der Waals surface area contributed by atoms with E-state index in [1.54, 1.807) is 29.0 Å². The van der Waals surface area contributed by atoms with E-state index in [0.717, 1.165) is 10.4 Å². The highest BCUT2D eigenvalue weighted by Gasteiger charge is 2.10. The lowest BCUT2D eigenvalue weighted by Crippen LogP contribution is -2.26. The molecule has 0 aliphatic heterocycles. The van der Waals surface area contributed by atoms with E-state index in [0.29, 0.717) is 19.5 Å². The van der Waals surface area contributed by atoms with Crippen LogP contribution in [0.15, 0.2) is 23.8 Å². The Morgan fingerprint density at radius 2 is 2.43 bits per heavy atom. The number of rotatable bonds is 5. The molecule has 0 aliphatic carbocycles. The highest BCUT2D eigenvalue weighted by molar-refractivity contribution is 7.10. The van der Waals surface area contributed by atoms with E-state index >= 15 is 0 Å². The molecule has 2 aromatic rings. The molecule has 1 amide bonds. The van der Waals surface area contributed by atoms with Gasteiger partial charge in [-0.25, -0.2) is 0 Å². The standard InChI is InChI=1S/C14H16N4O2S/c1-17(14(20)4-6-18-7-5-15-16-18)10-12-9-13(21-11-12)3-2-8-19/h5,7,9,11,19H,4,6,8,10H2,1H3. The molecule has 0 spiro atoms. The average Bonchev–Trinajstić information content (AvgIpc) is 3.14. The van der Waals surface area contributed by atoms with E-state index in [9.17, 15) is 4.79 Å². The molecule has 6 nitrogen and oxygen atoms in total. The summed E-state index contributed by atoms with van der Waals surface area (Å²) < 4.78 is 1.64. The van der Waals surface area contributed by atoms with E-state index < -0.39 is 0 Å². The van der Waals surface area contributed by atoms with Crippen LogP contribution in [0.5, 0.6) is 0 Å². The number of thiophene rings is 1. The van der Waals surface area contributed by atoms with Crippen LogP contribution >= 0.6 is 11.3 Å². The van der Waals surface area contributed by atoms with Crippen LogP contribution < -0.4 is 0 Å². The zero-order valence-corrected chi connectivity index (χ0v) is 12.5. The molecule has 7 heteroatoms. The average molecular weight is 304 g/mol. The molecule has 0 aliphatic rings. The molecule has 110 valence electrons. The number of amides is 1. The van der Waals surface area contributed by atoms with Gasteiger partial charge in [0.1, 0.15) is 6.61 Å². The van der Waals surface area contributed by atoms with Crippen molar-refractivity contribution in [2.75, 3.05) is 13.7 Å². The van der Waals surface area contributed by atoms with E-state index in [1.807, 2.05) is 11.4 Å². The Labute approximate surface area is 127 Å². The summed E-state index contributed by atoms with van der Waals surface area (Å²) in [6.07, 6.45) is 3.72. The third-order valence-electron chi connectivity index (χ3n) is 2.82. The van der Waals surface area contributed by atoms with E-state index in [4.69, 9.17) is 5.11 Å². The highest BCUT2D eigenvalue weighted by atomic mass is 32.1. The molecular weight excluding hydrogens is 288 g/mol. The second kappa shape index (κ2) is 7.57. The third-order valence-corrected chi connectivity index (χ3v) is 3.71. The summed E-state index contributed by atoms with van der Waals surface area (Å²) in [5, 5.41) is 18.2. The Bertz CT molecular complexity index is 639. The molecular formula is C14H16N4O2S. The quantitative estimate of drug-likeness (QED) is 0.827. The van der Waals surface area contributed by atoms with Gasteiger partial charge in [0.15, 0.2) is 0 Å². The SMILES string of the molecule is CN(Cc1csc(C#CCO)c1)C(=O)CCn1ccnn1. The van der Waals surface area contributed by atoms with Crippen LogP contribution in [0.3, 0.4) is 0 Å². The van der Waals surface area contributed by atoms with Gasteiger partial charge >= 0.3 is 0 Å². The lowest BCUT2D eigenvalue weighted by atomic mass is 10.2. The molecule has 0 atom stereocenters. The Morgan fingerprint density at radius 3 is 3.14 bits per heavy atom. The first-order chi connectivity index (χ1) is 10.2. The number of aliphatic hydroxyl groups excluding tert-OH is 1. The predicted molar refractivity (Wildman–Crippen MR) is 79.4 cm³/mol. The van der Waals surface area contributed by atoms with Crippen LogP contribution in [0.2, 0.25) is 0 Å². The van der Waals surface area contributed by atoms with Gasteiger partial charge in [0.25, 0.3) is 0 Å².